The Labute approximate surface area is 174 Å². The predicted molar refractivity (Wildman–Crippen MR) is 93.5 cm³/mol. The topological polar surface area (TPSA) is 31.4 Å². The molecule has 0 spiro atoms. The molecule has 0 bridgehead atoms. The number of alkyl halides is 9. The maximum absolute atomic E-state index is 13.8. The van der Waals surface area contributed by atoms with Gasteiger partial charge in [0.15, 0.2) is 0 Å². The molecule has 0 N–H and O–H groups in total. The molecule has 0 atom stereocenters. The van der Waals surface area contributed by atoms with Crippen LogP contribution in [-0.2, 0) is 6.18 Å². The van der Waals surface area contributed by atoms with E-state index >= 15 is 0 Å². The Bertz CT molecular complexity index is 1110. The molecule has 0 aliphatic heterocycles. The number of hydrogen-bond acceptors (Lipinski definition) is 3. The van der Waals surface area contributed by atoms with Gasteiger partial charge in [0.05, 0.1) is 11.3 Å². The molecule has 12 heteroatoms. The fourth-order valence-corrected chi connectivity index (χ4v) is 2.85. The second kappa shape index (κ2) is 8.24. The van der Waals surface area contributed by atoms with Crippen LogP contribution in [-0.4, -0.2) is 17.7 Å². The number of rotatable bonds is 4. The number of ether oxygens (including phenoxy) is 2. The van der Waals surface area contributed by atoms with Gasteiger partial charge in [0, 0.05) is 22.9 Å². The number of benzene rings is 2. The molecule has 0 amide bonds. The largest absolute Gasteiger partial charge is 0.573 e. The summed E-state index contributed by atoms with van der Waals surface area (Å²) in [6, 6.07) is 8.92. The molecule has 170 valence electrons. The quantitative estimate of drug-likeness (QED) is 0.380. The molecule has 0 fully saturated rings. The van der Waals surface area contributed by atoms with Crippen molar-refractivity contribution in [1.29, 1.82) is 0 Å². The molecular formula is C20H10F9NO2. The molecule has 0 aliphatic carbocycles. The summed E-state index contributed by atoms with van der Waals surface area (Å²) in [6.07, 6.45) is -14.8. The van der Waals surface area contributed by atoms with Crippen molar-refractivity contribution in [2.24, 2.45) is 0 Å². The standard InChI is InChI=1S/C20H10F9NO2/c21-18(22,23)14-9-15(12-6-2-4-8-17(12)32-20(27,28)29)30-10-13(14)11-5-1-3-7-16(11)31-19(24,25)26/h1-10H. The minimum Gasteiger partial charge on any atom is -0.405 e. The summed E-state index contributed by atoms with van der Waals surface area (Å²) < 4.78 is 125. The van der Waals surface area contributed by atoms with E-state index in [0.29, 0.717) is 12.3 Å². The predicted octanol–water partition coefficient (Wildman–Crippen LogP) is 7.23. The van der Waals surface area contributed by atoms with Crippen LogP contribution in [0.3, 0.4) is 0 Å². The van der Waals surface area contributed by atoms with Crippen molar-refractivity contribution in [2.75, 3.05) is 0 Å². The highest BCUT2D eigenvalue weighted by atomic mass is 19.4. The molecule has 3 rings (SSSR count). The van der Waals surface area contributed by atoms with E-state index < -0.39 is 58.3 Å². The Morgan fingerprint density at radius 3 is 1.56 bits per heavy atom. The zero-order chi connectivity index (χ0) is 23.7. The number of pyridine rings is 1. The number of nitrogens with zero attached hydrogens (tertiary/aromatic N) is 1. The molecule has 1 aromatic heterocycles. The summed E-state index contributed by atoms with van der Waals surface area (Å²) in [6.45, 7) is 0. The van der Waals surface area contributed by atoms with Gasteiger partial charge in [0.1, 0.15) is 11.5 Å². The lowest BCUT2D eigenvalue weighted by molar-refractivity contribution is -0.275. The normalized spacial score (nSPS) is 12.5. The average Bonchev–Trinajstić information content (AvgIpc) is 2.65. The van der Waals surface area contributed by atoms with E-state index in [2.05, 4.69) is 14.5 Å². The van der Waals surface area contributed by atoms with Gasteiger partial charge in [-0.3, -0.25) is 4.98 Å². The highest BCUT2D eigenvalue weighted by Crippen LogP contribution is 2.43. The highest BCUT2D eigenvalue weighted by Gasteiger charge is 2.38. The SMILES string of the molecule is FC(F)(F)Oc1ccccc1-c1cc(C(F)(F)F)c(-c2ccccc2OC(F)(F)F)cn1. The van der Waals surface area contributed by atoms with E-state index in [1.54, 1.807) is 0 Å². The van der Waals surface area contributed by atoms with Crippen LogP contribution in [0.15, 0.2) is 60.8 Å². The summed E-state index contributed by atoms with van der Waals surface area (Å²) >= 11 is 0. The minimum atomic E-state index is -5.17. The number of halogens is 9. The average molecular weight is 467 g/mol. The third-order valence-corrected chi connectivity index (χ3v) is 4.00. The summed E-state index contributed by atoms with van der Waals surface area (Å²) in [5.41, 5.74) is -3.68. The first-order valence-corrected chi connectivity index (χ1v) is 8.52. The van der Waals surface area contributed by atoms with Gasteiger partial charge in [-0.1, -0.05) is 30.3 Å². The van der Waals surface area contributed by atoms with Gasteiger partial charge < -0.3 is 9.47 Å². The lowest BCUT2D eigenvalue weighted by Gasteiger charge is -2.18. The summed E-state index contributed by atoms with van der Waals surface area (Å²) in [4.78, 5) is 3.74. The van der Waals surface area contributed by atoms with Crippen molar-refractivity contribution in [2.45, 2.75) is 18.9 Å². The highest BCUT2D eigenvalue weighted by molar-refractivity contribution is 5.77. The Kier molecular flexibility index (Phi) is 5.98. The lowest BCUT2D eigenvalue weighted by Crippen LogP contribution is -2.18. The van der Waals surface area contributed by atoms with Crippen LogP contribution < -0.4 is 9.47 Å². The van der Waals surface area contributed by atoms with Crippen molar-refractivity contribution >= 4 is 0 Å². The molecule has 0 saturated carbocycles. The fraction of sp³-hybridized carbons (Fsp3) is 0.150. The van der Waals surface area contributed by atoms with Crippen LogP contribution in [0, 0.1) is 0 Å². The molecule has 3 nitrogen and oxygen atoms in total. The van der Waals surface area contributed by atoms with E-state index in [9.17, 15) is 39.5 Å². The molecule has 2 aromatic carbocycles. The molecule has 0 aliphatic rings. The number of aromatic nitrogens is 1. The Morgan fingerprint density at radius 1 is 0.594 bits per heavy atom. The zero-order valence-corrected chi connectivity index (χ0v) is 15.4. The molecule has 32 heavy (non-hydrogen) atoms. The maximum atomic E-state index is 13.8. The third kappa shape index (κ3) is 5.62. The van der Waals surface area contributed by atoms with Crippen molar-refractivity contribution in [3.63, 3.8) is 0 Å². The minimum absolute atomic E-state index is 0.401. The van der Waals surface area contributed by atoms with Gasteiger partial charge in [-0.25, -0.2) is 0 Å². The monoisotopic (exact) mass is 467 g/mol. The zero-order valence-electron chi connectivity index (χ0n) is 15.4. The summed E-state index contributed by atoms with van der Waals surface area (Å²) in [5, 5.41) is 0. The molecule has 1 heterocycles. The van der Waals surface area contributed by atoms with E-state index in [-0.39, 0.29) is 0 Å². The molecular weight excluding hydrogens is 457 g/mol. The van der Waals surface area contributed by atoms with E-state index in [0.717, 1.165) is 30.3 Å². The van der Waals surface area contributed by atoms with Gasteiger partial charge in [-0.2, -0.15) is 13.2 Å². The van der Waals surface area contributed by atoms with Gasteiger partial charge in [0.25, 0.3) is 0 Å². The summed E-state index contributed by atoms with van der Waals surface area (Å²) in [7, 11) is 0. The number of hydrogen-bond donors (Lipinski definition) is 0. The summed E-state index contributed by atoms with van der Waals surface area (Å²) in [5.74, 6) is -1.70. The van der Waals surface area contributed by atoms with Gasteiger partial charge in [-0.15, -0.1) is 26.3 Å². The van der Waals surface area contributed by atoms with Crippen LogP contribution in [0.1, 0.15) is 5.56 Å². The second-order valence-corrected chi connectivity index (χ2v) is 6.20. The van der Waals surface area contributed by atoms with Crippen LogP contribution in [0.5, 0.6) is 11.5 Å². The maximum Gasteiger partial charge on any atom is 0.573 e. The van der Waals surface area contributed by atoms with Crippen LogP contribution in [0.2, 0.25) is 0 Å². The number of para-hydroxylation sites is 2. The molecule has 3 aromatic rings. The van der Waals surface area contributed by atoms with Crippen molar-refractivity contribution in [1.82, 2.24) is 4.98 Å². The van der Waals surface area contributed by atoms with Gasteiger partial charge in [-0.05, 0) is 24.3 Å². The van der Waals surface area contributed by atoms with Gasteiger partial charge in [0.2, 0.25) is 0 Å². The lowest BCUT2D eigenvalue weighted by atomic mass is 9.98. The first-order chi connectivity index (χ1) is 14.7. The van der Waals surface area contributed by atoms with Crippen LogP contribution in [0.4, 0.5) is 39.5 Å². The van der Waals surface area contributed by atoms with Crippen molar-refractivity contribution < 1.29 is 49.0 Å². The Hall–Kier alpha value is -3.44. The molecule has 0 radical (unpaired) electrons. The molecule has 0 saturated heterocycles. The Morgan fingerprint density at radius 2 is 1.06 bits per heavy atom. The molecule has 0 unspecified atom stereocenters. The van der Waals surface area contributed by atoms with E-state index in [4.69, 9.17) is 0 Å². The smallest absolute Gasteiger partial charge is 0.405 e. The van der Waals surface area contributed by atoms with Gasteiger partial charge >= 0.3 is 18.9 Å². The fourth-order valence-electron chi connectivity index (χ4n) is 2.85. The van der Waals surface area contributed by atoms with E-state index in [1.165, 1.54) is 18.2 Å². The van der Waals surface area contributed by atoms with Crippen molar-refractivity contribution in [3.05, 3.63) is 66.4 Å². The van der Waals surface area contributed by atoms with Crippen LogP contribution in [0.25, 0.3) is 22.4 Å². The Balaban J connectivity index is 2.18. The first kappa shape index (κ1) is 23.2. The first-order valence-electron chi connectivity index (χ1n) is 8.52. The van der Waals surface area contributed by atoms with Crippen LogP contribution >= 0.6 is 0 Å². The second-order valence-electron chi connectivity index (χ2n) is 6.20. The van der Waals surface area contributed by atoms with Crippen molar-refractivity contribution in [3.8, 4) is 33.9 Å². The third-order valence-electron chi connectivity index (χ3n) is 4.00. The van der Waals surface area contributed by atoms with E-state index in [1.807, 2.05) is 0 Å².